The Morgan fingerprint density at radius 3 is 0.494 bits per heavy atom. The van der Waals surface area contributed by atoms with Crippen molar-refractivity contribution in [3.63, 3.8) is 0 Å². The van der Waals surface area contributed by atoms with E-state index in [0.29, 0.717) is 0 Å². The molecule has 0 amide bonds. The average Bonchev–Trinajstić information content (AvgIpc) is 3.47. The fourth-order valence-corrected chi connectivity index (χ4v) is 13.7. The summed E-state index contributed by atoms with van der Waals surface area (Å²) in [5.74, 6) is 0. The molecule has 479 valence electrons. The molecule has 0 N–H and O–H groups in total. The van der Waals surface area contributed by atoms with Crippen molar-refractivity contribution in [2.24, 2.45) is 0 Å². The second kappa shape index (κ2) is 68.3. The van der Waals surface area contributed by atoms with E-state index in [0.717, 1.165) is 12.8 Å². The Bertz CT molecular complexity index is 1220. The van der Waals surface area contributed by atoms with Crippen molar-refractivity contribution in [1.29, 1.82) is 0 Å². The molecule has 0 atom stereocenters. The number of aryl methyl sites for hydroxylation is 3. The molecule has 0 aromatic heterocycles. The highest BCUT2D eigenvalue weighted by Crippen LogP contribution is 2.27. The van der Waals surface area contributed by atoms with Crippen LogP contribution in [0.5, 0.6) is 0 Å². The number of unbranched alkanes of at least 4 members (excludes halogenated alkanes) is 63. The van der Waals surface area contributed by atoms with Crippen LogP contribution in [0.15, 0.2) is 12.1 Å². The van der Waals surface area contributed by atoms with Gasteiger partial charge in [0.2, 0.25) is 0 Å². The molecular weight excluding hydrogens is 973 g/mol. The van der Waals surface area contributed by atoms with Crippen LogP contribution in [0, 0.1) is 6.92 Å². The molecule has 81 heavy (non-hydrogen) atoms. The van der Waals surface area contributed by atoms with E-state index in [-0.39, 0.29) is 0 Å². The minimum atomic E-state index is 1.02. The van der Waals surface area contributed by atoms with Gasteiger partial charge >= 0.3 is 0 Å². The Morgan fingerprint density at radius 2 is 0.333 bits per heavy atom. The van der Waals surface area contributed by atoms with Crippen molar-refractivity contribution in [3.8, 4) is 0 Å². The highest BCUT2D eigenvalue weighted by atomic mass is 14.2. The Hall–Kier alpha value is -0.780. The van der Waals surface area contributed by atoms with Crippen LogP contribution in [0.4, 0.5) is 0 Å². The van der Waals surface area contributed by atoms with Crippen LogP contribution in [0.2, 0.25) is 0 Å². The summed E-state index contributed by atoms with van der Waals surface area (Å²) in [6.07, 6.45) is 103. The minimum Gasteiger partial charge on any atom is -0.0654 e. The lowest BCUT2D eigenvalue weighted by Crippen LogP contribution is -2.04. The summed E-state index contributed by atoms with van der Waals surface area (Å²) in [4.78, 5) is 0. The maximum absolute atomic E-state index is 4.32. The minimum absolute atomic E-state index is 1.02. The quantitative estimate of drug-likeness (QED) is 0.0570. The van der Waals surface area contributed by atoms with Crippen molar-refractivity contribution >= 4 is 0 Å². The summed E-state index contributed by atoms with van der Waals surface area (Å²) < 4.78 is 0. The Kier molecular flexibility index (Phi) is 66.0. The van der Waals surface area contributed by atoms with Gasteiger partial charge in [0.25, 0.3) is 0 Å². The topological polar surface area (TPSA) is 0 Å². The largest absolute Gasteiger partial charge is 0.0654 e. The van der Waals surface area contributed by atoms with E-state index < -0.39 is 0 Å². The SMILES string of the molecule is [CH2]CCc1cc(CCCCCCCCCCCCCCCCCCCCCCCC)c(CCCCCCCCCCCCCCCCCCCCCCCC)c(CCCCCCCCCCCCCCCCCCCCCCCC)c1. The number of hydrogen-bond donors (Lipinski definition) is 0. The van der Waals surface area contributed by atoms with Gasteiger partial charge in [-0.2, -0.15) is 0 Å². The van der Waals surface area contributed by atoms with Crippen molar-refractivity contribution in [3.05, 3.63) is 41.3 Å². The zero-order valence-electron chi connectivity index (χ0n) is 57.1. The van der Waals surface area contributed by atoms with Gasteiger partial charge in [-0.05, 0) is 73.6 Å². The summed E-state index contributed by atoms with van der Waals surface area (Å²) in [6.45, 7) is 11.3. The third kappa shape index (κ3) is 58.0. The highest BCUT2D eigenvalue weighted by molar-refractivity contribution is 5.40. The van der Waals surface area contributed by atoms with E-state index in [1.807, 2.05) is 0 Å². The van der Waals surface area contributed by atoms with Gasteiger partial charge in [0.05, 0.1) is 0 Å². The molecule has 1 radical (unpaired) electrons. The van der Waals surface area contributed by atoms with Crippen molar-refractivity contribution in [2.45, 2.75) is 477 Å². The van der Waals surface area contributed by atoms with Gasteiger partial charge < -0.3 is 0 Å². The lowest BCUT2D eigenvalue weighted by molar-refractivity contribution is 0.518. The maximum atomic E-state index is 4.32. The molecule has 0 spiro atoms. The molecular formula is C81H155. The van der Waals surface area contributed by atoms with Crippen molar-refractivity contribution in [1.82, 2.24) is 0 Å². The molecule has 0 aliphatic heterocycles. The highest BCUT2D eigenvalue weighted by Gasteiger charge is 2.12. The third-order valence-corrected chi connectivity index (χ3v) is 19.3. The first-order valence-electron chi connectivity index (χ1n) is 39.2. The van der Waals surface area contributed by atoms with Crippen LogP contribution in [-0.2, 0) is 25.7 Å². The molecule has 0 unspecified atom stereocenters. The molecule has 1 rings (SSSR count). The fourth-order valence-electron chi connectivity index (χ4n) is 13.7. The standard InChI is InChI=1S/C81H155/c1-5-9-12-15-18-21-24-27-30-33-36-39-42-45-48-51-54-57-60-63-66-69-73-79-76-78(72-8-4)77-80(74-70-67-64-61-58-55-52-49-46-43-40-37-34-31-28-25-22-19-16-13-10-6-2)81(79)75-71-68-65-62-59-56-53-50-47-44-41-38-35-32-29-26-23-20-17-14-11-7-3/h76-77H,4-75H2,1-3H3. The second-order valence-corrected chi connectivity index (χ2v) is 27.5. The molecule has 0 bridgehead atoms. The molecule has 0 fully saturated rings. The van der Waals surface area contributed by atoms with Gasteiger partial charge in [0.1, 0.15) is 0 Å². The smallest absolute Gasteiger partial charge is 0.0273 e. The zero-order valence-corrected chi connectivity index (χ0v) is 57.1. The molecule has 0 saturated carbocycles. The van der Waals surface area contributed by atoms with E-state index in [1.165, 1.54) is 443 Å². The summed E-state index contributed by atoms with van der Waals surface area (Å²) in [6, 6.07) is 5.33. The molecule has 1 aromatic rings. The monoisotopic (exact) mass is 1130 g/mol. The normalized spacial score (nSPS) is 11.8. The van der Waals surface area contributed by atoms with Crippen LogP contribution < -0.4 is 0 Å². The number of benzene rings is 1. The van der Waals surface area contributed by atoms with E-state index in [1.54, 1.807) is 22.3 Å². The fraction of sp³-hybridized carbons (Fsp3) is 0.914. The van der Waals surface area contributed by atoms with E-state index in [2.05, 4.69) is 39.8 Å². The van der Waals surface area contributed by atoms with Gasteiger partial charge in [-0.25, -0.2) is 0 Å². The van der Waals surface area contributed by atoms with Crippen LogP contribution in [0.1, 0.15) is 473 Å². The Labute approximate surface area is 515 Å². The summed E-state index contributed by atoms with van der Waals surface area (Å²) >= 11 is 0. The first kappa shape index (κ1) is 78.2. The first-order chi connectivity index (χ1) is 40.3. The summed E-state index contributed by atoms with van der Waals surface area (Å²) in [5, 5.41) is 0. The predicted octanol–water partition coefficient (Wildman–Crippen LogP) is 29.9. The molecule has 0 aliphatic carbocycles. The summed E-state index contributed by atoms with van der Waals surface area (Å²) in [7, 11) is 0. The van der Waals surface area contributed by atoms with Gasteiger partial charge in [-0.3, -0.25) is 0 Å². The number of rotatable bonds is 71. The number of hydrogen-bond acceptors (Lipinski definition) is 0. The van der Waals surface area contributed by atoms with Crippen LogP contribution in [-0.4, -0.2) is 0 Å². The maximum Gasteiger partial charge on any atom is -0.0273 e. The lowest BCUT2D eigenvalue weighted by atomic mass is 9.87. The zero-order chi connectivity index (χ0) is 57.9. The Balaban J connectivity index is 2.38. The Morgan fingerprint density at radius 1 is 0.185 bits per heavy atom. The van der Waals surface area contributed by atoms with Crippen molar-refractivity contribution in [2.75, 3.05) is 0 Å². The molecule has 0 heteroatoms. The predicted molar refractivity (Wildman–Crippen MR) is 373 cm³/mol. The van der Waals surface area contributed by atoms with Gasteiger partial charge in [0.15, 0.2) is 0 Å². The molecule has 0 aliphatic rings. The van der Waals surface area contributed by atoms with Gasteiger partial charge in [0, 0.05) is 0 Å². The van der Waals surface area contributed by atoms with E-state index in [9.17, 15) is 0 Å². The second-order valence-electron chi connectivity index (χ2n) is 27.5. The average molecular weight is 1130 g/mol. The van der Waals surface area contributed by atoms with Crippen LogP contribution >= 0.6 is 0 Å². The molecule has 1 aromatic carbocycles. The summed E-state index contributed by atoms with van der Waals surface area (Å²) in [5.41, 5.74) is 6.87. The lowest BCUT2D eigenvalue weighted by Gasteiger charge is -2.18. The van der Waals surface area contributed by atoms with Gasteiger partial charge in [-0.15, -0.1) is 0 Å². The van der Waals surface area contributed by atoms with Gasteiger partial charge in [-0.1, -0.05) is 444 Å². The van der Waals surface area contributed by atoms with Crippen LogP contribution in [0.25, 0.3) is 0 Å². The van der Waals surface area contributed by atoms with E-state index >= 15 is 0 Å². The third-order valence-electron chi connectivity index (χ3n) is 19.3. The van der Waals surface area contributed by atoms with Crippen LogP contribution in [0.3, 0.4) is 0 Å². The molecule has 0 saturated heterocycles. The van der Waals surface area contributed by atoms with Crippen molar-refractivity contribution < 1.29 is 0 Å². The molecule has 0 heterocycles. The van der Waals surface area contributed by atoms with E-state index in [4.69, 9.17) is 0 Å². The first-order valence-corrected chi connectivity index (χ1v) is 39.2. The molecule has 0 nitrogen and oxygen atoms in total.